The van der Waals surface area contributed by atoms with Gasteiger partial charge in [-0.1, -0.05) is 23.6 Å². The normalized spacial score (nSPS) is 9.92. The van der Waals surface area contributed by atoms with E-state index < -0.39 is 0 Å². The van der Waals surface area contributed by atoms with E-state index in [9.17, 15) is 9.59 Å². The van der Waals surface area contributed by atoms with Gasteiger partial charge in [-0.25, -0.2) is 0 Å². The van der Waals surface area contributed by atoms with Crippen molar-refractivity contribution in [3.63, 3.8) is 0 Å². The molecular weight excluding hydrogens is 439 g/mol. The SMILES string of the molecule is C#Cc1cccc(NC(=O)CN(C)C(=O)c2cc(Cl)ccc2I)c1. The molecule has 122 valence electrons. The molecule has 0 atom stereocenters. The quantitative estimate of drug-likeness (QED) is 0.569. The highest BCUT2D eigenvalue weighted by molar-refractivity contribution is 14.1. The molecule has 24 heavy (non-hydrogen) atoms. The number of rotatable bonds is 4. The Morgan fingerprint density at radius 3 is 2.75 bits per heavy atom. The van der Waals surface area contributed by atoms with Crippen LogP contribution in [0.3, 0.4) is 0 Å². The standard InChI is InChI=1S/C18H14ClIN2O2/c1-3-12-5-4-6-14(9-12)21-17(23)11-22(2)18(24)15-10-13(19)7-8-16(15)20/h1,4-10H,11H2,2H3,(H,21,23). The lowest BCUT2D eigenvalue weighted by molar-refractivity contribution is -0.116. The molecule has 2 aromatic rings. The summed E-state index contributed by atoms with van der Waals surface area (Å²) in [6, 6.07) is 12.0. The average Bonchev–Trinajstić information content (AvgIpc) is 2.56. The first-order chi connectivity index (χ1) is 11.4. The Kier molecular flexibility index (Phi) is 6.23. The zero-order valence-corrected chi connectivity index (χ0v) is 15.8. The highest BCUT2D eigenvalue weighted by Gasteiger charge is 2.18. The van der Waals surface area contributed by atoms with Gasteiger partial charge in [0.1, 0.15) is 0 Å². The van der Waals surface area contributed by atoms with E-state index in [2.05, 4.69) is 33.8 Å². The average molecular weight is 453 g/mol. The Morgan fingerprint density at radius 2 is 2.04 bits per heavy atom. The summed E-state index contributed by atoms with van der Waals surface area (Å²) in [6.45, 7) is -0.0816. The lowest BCUT2D eigenvalue weighted by Gasteiger charge is -2.18. The van der Waals surface area contributed by atoms with Crippen LogP contribution in [0.15, 0.2) is 42.5 Å². The zero-order chi connectivity index (χ0) is 17.7. The number of nitrogens with one attached hydrogen (secondary N) is 1. The summed E-state index contributed by atoms with van der Waals surface area (Å²) in [5, 5.41) is 3.20. The zero-order valence-electron chi connectivity index (χ0n) is 12.8. The lowest BCUT2D eigenvalue weighted by Crippen LogP contribution is -2.35. The Bertz CT molecular complexity index is 830. The van der Waals surface area contributed by atoms with E-state index in [1.807, 2.05) is 0 Å². The smallest absolute Gasteiger partial charge is 0.255 e. The second-order valence-corrected chi connectivity index (χ2v) is 6.66. The van der Waals surface area contributed by atoms with E-state index >= 15 is 0 Å². The number of hydrogen-bond donors (Lipinski definition) is 1. The van der Waals surface area contributed by atoms with Gasteiger partial charge in [-0.05, 0) is 59.0 Å². The van der Waals surface area contributed by atoms with Crippen LogP contribution in [-0.2, 0) is 4.79 Å². The highest BCUT2D eigenvalue weighted by atomic mass is 127. The third-order valence-electron chi connectivity index (χ3n) is 3.20. The molecule has 2 aromatic carbocycles. The summed E-state index contributed by atoms with van der Waals surface area (Å²) in [5.41, 5.74) is 1.73. The molecule has 0 heterocycles. The molecule has 0 saturated heterocycles. The van der Waals surface area contributed by atoms with Gasteiger partial charge in [-0.15, -0.1) is 6.42 Å². The fourth-order valence-corrected chi connectivity index (χ4v) is 2.78. The maximum Gasteiger partial charge on any atom is 0.255 e. The first-order valence-electron chi connectivity index (χ1n) is 6.97. The summed E-state index contributed by atoms with van der Waals surface area (Å²) in [6.07, 6.45) is 5.33. The minimum absolute atomic E-state index is 0.0816. The molecule has 0 fully saturated rings. The Labute approximate surface area is 159 Å². The predicted octanol–water partition coefficient (Wildman–Crippen LogP) is 3.64. The van der Waals surface area contributed by atoms with Crippen LogP contribution in [0.5, 0.6) is 0 Å². The number of carbonyl (C=O) groups excluding carboxylic acids is 2. The molecule has 2 amide bonds. The van der Waals surface area contributed by atoms with Crippen LogP contribution in [0.4, 0.5) is 5.69 Å². The van der Waals surface area contributed by atoms with Crippen molar-refractivity contribution in [1.29, 1.82) is 0 Å². The van der Waals surface area contributed by atoms with Gasteiger partial charge in [0.05, 0.1) is 12.1 Å². The van der Waals surface area contributed by atoms with E-state index in [0.717, 1.165) is 3.57 Å². The maximum atomic E-state index is 12.5. The first-order valence-corrected chi connectivity index (χ1v) is 8.43. The molecule has 1 N–H and O–H groups in total. The Morgan fingerprint density at radius 1 is 1.29 bits per heavy atom. The molecule has 0 aliphatic rings. The molecule has 0 aromatic heterocycles. The largest absolute Gasteiger partial charge is 0.332 e. The van der Waals surface area contributed by atoms with Crippen molar-refractivity contribution in [3.8, 4) is 12.3 Å². The molecule has 0 bridgehead atoms. The van der Waals surface area contributed by atoms with Gasteiger partial charge in [-0.3, -0.25) is 9.59 Å². The third kappa shape index (κ3) is 4.73. The second-order valence-electron chi connectivity index (χ2n) is 5.06. The third-order valence-corrected chi connectivity index (χ3v) is 4.38. The number of benzene rings is 2. The highest BCUT2D eigenvalue weighted by Crippen LogP contribution is 2.19. The van der Waals surface area contributed by atoms with Crippen LogP contribution < -0.4 is 5.32 Å². The summed E-state index contributed by atoms with van der Waals surface area (Å²) in [4.78, 5) is 25.9. The molecule has 4 nitrogen and oxygen atoms in total. The molecular formula is C18H14ClIN2O2. The summed E-state index contributed by atoms with van der Waals surface area (Å²) < 4.78 is 0.774. The van der Waals surface area contributed by atoms with Gasteiger partial charge in [0.2, 0.25) is 5.91 Å². The number of nitrogens with zero attached hydrogens (tertiary/aromatic N) is 1. The van der Waals surface area contributed by atoms with Crippen molar-refractivity contribution >= 4 is 51.7 Å². The fraction of sp³-hybridized carbons (Fsp3) is 0.111. The molecule has 0 unspecified atom stereocenters. The van der Waals surface area contributed by atoms with Crippen molar-refractivity contribution in [2.75, 3.05) is 18.9 Å². The van der Waals surface area contributed by atoms with Gasteiger partial charge >= 0.3 is 0 Å². The molecule has 0 aliphatic carbocycles. The fourth-order valence-electron chi connectivity index (χ4n) is 2.04. The second kappa shape index (κ2) is 8.18. The van der Waals surface area contributed by atoms with E-state index in [1.54, 1.807) is 49.5 Å². The molecule has 0 aliphatic heterocycles. The Hall–Kier alpha value is -2.04. The Balaban J connectivity index is 2.04. The monoisotopic (exact) mass is 452 g/mol. The van der Waals surface area contributed by atoms with Gasteiger partial charge in [-0.2, -0.15) is 0 Å². The molecule has 0 saturated carbocycles. The summed E-state index contributed by atoms with van der Waals surface area (Å²) in [5.74, 6) is 1.93. The maximum absolute atomic E-state index is 12.5. The van der Waals surface area contributed by atoms with Crippen molar-refractivity contribution < 1.29 is 9.59 Å². The van der Waals surface area contributed by atoms with Gasteiger partial charge in [0.15, 0.2) is 0 Å². The summed E-state index contributed by atoms with van der Waals surface area (Å²) >= 11 is 8.00. The van der Waals surface area contributed by atoms with Gasteiger partial charge < -0.3 is 10.2 Å². The first kappa shape index (κ1) is 18.3. The lowest BCUT2D eigenvalue weighted by atomic mass is 10.2. The minimum atomic E-state index is -0.308. The van der Waals surface area contributed by atoms with Crippen LogP contribution in [0.1, 0.15) is 15.9 Å². The van der Waals surface area contributed by atoms with E-state index in [-0.39, 0.29) is 18.4 Å². The van der Waals surface area contributed by atoms with Crippen LogP contribution in [0.25, 0.3) is 0 Å². The number of halogens is 2. The predicted molar refractivity (Wildman–Crippen MR) is 104 cm³/mol. The number of terminal acetylenes is 1. The van der Waals surface area contributed by atoms with Crippen LogP contribution in [-0.4, -0.2) is 30.3 Å². The van der Waals surface area contributed by atoms with Crippen molar-refractivity contribution in [1.82, 2.24) is 4.90 Å². The number of hydrogen-bond acceptors (Lipinski definition) is 2. The van der Waals surface area contributed by atoms with E-state index in [1.165, 1.54) is 4.90 Å². The van der Waals surface area contributed by atoms with Crippen LogP contribution in [0, 0.1) is 15.9 Å². The van der Waals surface area contributed by atoms with Gasteiger partial charge in [0, 0.05) is 26.9 Å². The van der Waals surface area contributed by atoms with Crippen molar-refractivity contribution in [2.45, 2.75) is 0 Å². The number of anilines is 1. The molecule has 6 heteroatoms. The van der Waals surface area contributed by atoms with Crippen LogP contribution in [0.2, 0.25) is 5.02 Å². The number of amides is 2. The molecule has 0 radical (unpaired) electrons. The van der Waals surface area contributed by atoms with Crippen molar-refractivity contribution in [2.24, 2.45) is 0 Å². The number of carbonyl (C=O) groups is 2. The van der Waals surface area contributed by atoms with Crippen molar-refractivity contribution in [3.05, 3.63) is 62.2 Å². The molecule has 2 rings (SSSR count). The van der Waals surface area contributed by atoms with Crippen LogP contribution >= 0.6 is 34.2 Å². The minimum Gasteiger partial charge on any atom is -0.332 e. The van der Waals surface area contributed by atoms with E-state index in [0.29, 0.717) is 21.8 Å². The van der Waals surface area contributed by atoms with Gasteiger partial charge in [0.25, 0.3) is 5.91 Å². The topological polar surface area (TPSA) is 49.4 Å². The molecule has 0 spiro atoms. The van der Waals surface area contributed by atoms with E-state index in [4.69, 9.17) is 18.0 Å². The summed E-state index contributed by atoms with van der Waals surface area (Å²) in [7, 11) is 1.57. The number of likely N-dealkylation sites (N-methyl/N-ethyl adjacent to an activating group) is 1.